The maximum absolute atomic E-state index is 6.03. The maximum atomic E-state index is 6.03. The van der Waals surface area contributed by atoms with Gasteiger partial charge in [-0.3, -0.25) is 0 Å². The third kappa shape index (κ3) is 4.49. The van der Waals surface area contributed by atoms with E-state index in [9.17, 15) is 0 Å². The molecular formula is C20H27NO2. The minimum atomic E-state index is 0.234. The Kier molecular flexibility index (Phi) is 6.48. The Hall–Kier alpha value is -2.00. The number of methoxy groups -OCH3 is 1. The van der Waals surface area contributed by atoms with Crippen molar-refractivity contribution in [3.05, 3.63) is 59.7 Å². The molecule has 3 heteroatoms. The number of benzene rings is 2. The van der Waals surface area contributed by atoms with Crippen LogP contribution in [0.15, 0.2) is 48.5 Å². The Morgan fingerprint density at radius 2 is 1.52 bits per heavy atom. The summed E-state index contributed by atoms with van der Waals surface area (Å²) >= 11 is 0. The second-order valence-electron chi connectivity index (χ2n) is 6.00. The van der Waals surface area contributed by atoms with E-state index in [1.54, 1.807) is 7.11 Å². The van der Waals surface area contributed by atoms with Gasteiger partial charge in [0.1, 0.15) is 11.5 Å². The zero-order valence-corrected chi connectivity index (χ0v) is 14.3. The Morgan fingerprint density at radius 3 is 2.13 bits per heavy atom. The van der Waals surface area contributed by atoms with Crippen LogP contribution < -0.4 is 15.2 Å². The standard InChI is InChI=1S/C20H27NO2/c1-15(2)17-8-4-7-11-20(17)23-13-12-16(14-21)18-9-5-6-10-19(18)22-3/h4-11,15-16H,12-14,21H2,1-3H3. The van der Waals surface area contributed by atoms with Gasteiger partial charge in [0, 0.05) is 5.92 Å². The molecule has 0 aliphatic carbocycles. The van der Waals surface area contributed by atoms with Gasteiger partial charge in [-0.1, -0.05) is 50.2 Å². The molecule has 23 heavy (non-hydrogen) atoms. The van der Waals surface area contributed by atoms with Crippen molar-refractivity contribution in [3.63, 3.8) is 0 Å². The lowest BCUT2D eigenvalue weighted by molar-refractivity contribution is 0.292. The average Bonchev–Trinajstić information content (AvgIpc) is 2.59. The lowest BCUT2D eigenvalue weighted by Gasteiger charge is -2.19. The van der Waals surface area contributed by atoms with Crippen molar-refractivity contribution in [3.8, 4) is 11.5 Å². The molecule has 2 aromatic rings. The van der Waals surface area contributed by atoms with Crippen molar-refractivity contribution in [2.24, 2.45) is 5.73 Å². The highest BCUT2D eigenvalue weighted by Crippen LogP contribution is 2.29. The van der Waals surface area contributed by atoms with Crippen molar-refractivity contribution in [2.45, 2.75) is 32.1 Å². The van der Waals surface area contributed by atoms with E-state index in [0.717, 1.165) is 23.5 Å². The molecule has 0 radical (unpaired) electrons. The van der Waals surface area contributed by atoms with E-state index in [4.69, 9.17) is 15.2 Å². The van der Waals surface area contributed by atoms with Crippen molar-refractivity contribution >= 4 is 0 Å². The minimum Gasteiger partial charge on any atom is -0.496 e. The van der Waals surface area contributed by atoms with Gasteiger partial charge in [0.15, 0.2) is 0 Å². The zero-order valence-electron chi connectivity index (χ0n) is 14.3. The Balaban J connectivity index is 2.02. The molecule has 0 saturated heterocycles. The lowest BCUT2D eigenvalue weighted by atomic mass is 9.95. The van der Waals surface area contributed by atoms with Gasteiger partial charge in [0.25, 0.3) is 0 Å². The van der Waals surface area contributed by atoms with Gasteiger partial charge in [0.05, 0.1) is 13.7 Å². The fraction of sp³-hybridized carbons (Fsp3) is 0.400. The summed E-state index contributed by atoms with van der Waals surface area (Å²) in [5, 5.41) is 0. The van der Waals surface area contributed by atoms with Crippen molar-refractivity contribution in [1.82, 2.24) is 0 Å². The molecule has 124 valence electrons. The summed E-state index contributed by atoms with van der Waals surface area (Å²) in [4.78, 5) is 0. The van der Waals surface area contributed by atoms with Crippen molar-refractivity contribution in [1.29, 1.82) is 0 Å². The fourth-order valence-corrected chi connectivity index (χ4v) is 2.80. The third-order valence-corrected chi connectivity index (χ3v) is 4.13. The largest absolute Gasteiger partial charge is 0.496 e. The molecule has 0 aliphatic rings. The SMILES string of the molecule is COc1ccccc1C(CN)CCOc1ccccc1C(C)C. The minimum absolute atomic E-state index is 0.234. The number of ether oxygens (including phenoxy) is 2. The lowest BCUT2D eigenvalue weighted by Crippen LogP contribution is -2.16. The Morgan fingerprint density at radius 1 is 0.913 bits per heavy atom. The molecule has 2 N–H and O–H groups in total. The first-order valence-corrected chi connectivity index (χ1v) is 8.22. The Bertz CT molecular complexity index is 610. The molecule has 0 spiro atoms. The molecule has 1 unspecified atom stereocenters. The normalized spacial score (nSPS) is 12.2. The molecule has 2 rings (SSSR count). The topological polar surface area (TPSA) is 44.5 Å². The van der Waals surface area contributed by atoms with Crippen LogP contribution in [0.4, 0.5) is 0 Å². The highest BCUT2D eigenvalue weighted by molar-refractivity contribution is 5.37. The predicted octanol–water partition coefficient (Wildman–Crippen LogP) is 4.33. The molecule has 3 nitrogen and oxygen atoms in total. The smallest absolute Gasteiger partial charge is 0.122 e. The van der Waals surface area contributed by atoms with E-state index < -0.39 is 0 Å². The van der Waals surface area contributed by atoms with Crippen LogP contribution in [0, 0.1) is 0 Å². The third-order valence-electron chi connectivity index (χ3n) is 4.13. The van der Waals surface area contributed by atoms with Crippen LogP contribution >= 0.6 is 0 Å². The van der Waals surface area contributed by atoms with E-state index >= 15 is 0 Å². The monoisotopic (exact) mass is 313 g/mol. The van der Waals surface area contributed by atoms with Gasteiger partial charge in [-0.25, -0.2) is 0 Å². The second-order valence-corrected chi connectivity index (χ2v) is 6.00. The predicted molar refractivity (Wildman–Crippen MR) is 95.4 cm³/mol. The van der Waals surface area contributed by atoms with Gasteiger partial charge < -0.3 is 15.2 Å². The number of nitrogens with two attached hydrogens (primary N) is 1. The van der Waals surface area contributed by atoms with Gasteiger partial charge in [-0.15, -0.1) is 0 Å². The van der Waals surface area contributed by atoms with Gasteiger partial charge in [-0.2, -0.15) is 0 Å². The summed E-state index contributed by atoms with van der Waals surface area (Å²) in [6, 6.07) is 16.3. The first-order chi connectivity index (χ1) is 11.2. The van der Waals surface area contributed by atoms with E-state index in [2.05, 4.69) is 32.0 Å². The van der Waals surface area contributed by atoms with Crippen LogP contribution in [-0.2, 0) is 0 Å². The quantitative estimate of drug-likeness (QED) is 0.789. The zero-order chi connectivity index (χ0) is 16.7. The van der Waals surface area contributed by atoms with Crippen LogP contribution in [0.3, 0.4) is 0 Å². The van der Waals surface area contributed by atoms with Crippen molar-refractivity contribution < 1.29 is 9.47 Å². The van der Waals surface area contributed by atoms with Gasteiger partial charge >= 0.3 is 0 Å². The highest BCUT2D eigenvalue weighted by Gasteiger charge is 2.15. The molecule has 0 aliphatic heterocycles. The molecule has 0 aromatic heterocycles. The molecule has 0 bridgehead atoms. The van der Waals surface area contributed by atoms with Crippen LogP contribution in [0.1, 0.15) is 43.2 Å². The second kappa shape index (κ2) is 8.59. The Labute approximate surface area is 139 Å². The van der Waals surface area contributed by atoms with Crippen LogP contribution in [0.5, 0.6) is 11.5 Å². The summed E-state index contributed by atoms with van der Waals surface area (Å²) in [6.45, 7) is 5.58. The number of rotatable bonds is 8. The highest BCUT2D eigenvalue weighted by atomic mass is 16.5. The van der Waals surface area contributed by atoms with Crippen LogP contribution in [0.2, 0.25) is 0 Å². The molecule has 0 amide bonds. The average molecular weight is 313 g/mol. The molecule has 0 saturated carbocycles. The summed E-state index contributed by atoms with van der Waals surface area (Å²) in [6.07, 6.45) is 0.864. The molecule has 0 fully saturated rings. The van der Waals surface area contributed by atoms with Gasteiger partial charge in [-0.05, 0) is 42.1 Å². The molecular weight excluding hydrogens is 286 g/mol. The number of hydrogen-bond donors (Lipinski definition) is 1. The maximum Gasteiger partial charge on any atom is 0.122 e. The van der Waals surface area contributed by atoms with E-state index in [0.29, 0.717) is 19.1 Å². The molecule has 1 atom stereocenters. The summed E-state index contributed by atoms with van der Waals surface area (Å²) < 4.78 is 11.5. The number of para-hydroxylation sites is 2. The number of hydrogen-bond acceptors (Lipinski definition) is 3. The van der Waals surface area contributed by atoms with Crippen molar-refractivity contribution in [2.75, 3.05) is 20.3 Å². The first kappa shape index (κ1) is 17.4. The molecule has 2 aromatic carbocycles. The van der Waals surface area contributed by atoms with E-state index in [-0.39, 0.29) is 5.92 Å². The summed E-state index contributed by atoms with van der Waals surface area (Å²) in [5.74, 6) is 2.55. The molecule has 0 heterocycles. The fourth-order valence-electron chi connectivity index (χ4n) is 2.80. The summed E-state index contributed by atoms with van der Waals surface area (Å²) in [5.41, 5.74) is 8.37. The van der Waals surface area contributed by atoms with E-state index in [1.165, 1.54) is 5.56 Å². The summed E-state index contributed by atoms with van der Waals surface area (Å²) in [7, 11) is 1.70. The van der Waals surface area contributed by atoms with E-state index in [1.807, 2.05) is 30.3 Å². The first-order valence-electron chi connectivity index (χ1n) is 8.22. The van der Waals surface area contributed by atoms with Gasteiger partial charge in [0.2, 0.25) is 0 Å². The van der Waals surface area contributed by atoms with Crippen LogP contribution in [-0.4, -0.2) is 20.3 Å². The van der Waals surface area contributed by atoms with Crippen LogP contribution in [0.25, 0.3) is 0 Å².